The normalized spacial score (nSPS) is 13.0. The Morgan fingerprint density at radius 1 is 1.41 bits per heavy atom. The summed E-state index contributed by atoms with van der Waals surface area (Å²) in [6.45, 7) is 0.973. The number of nitro benzene ring substituents is 1. The number of hydrogen-bond acceptors (Lipinski definition) is 8. The molecule has 0 aliphatic rings. The molecule has 0 spiro atoms. The van der Waals surface area contributed by atoms with E-state index in [0.717, 1.165) is 25.2 Å². The van der Waals surface area contributed by atoms with Crippen molar-refractivity contribution >= 4 is 32.4 Å². The molecule has 0 amide bonds. The number of carbonyl (C=O) groups excluding carboxylic acids is 1. The first-order chi connectivity index (χ1) is 14.6. The molecule has 2 aromatic rings. The Kier molecular flexibility index (Phi) is 7.36. The van der Waals surface area contributed by atoms with Crippen molar-refractivity contribution in [2.75, 3.05) is 6.61 Å². The molecule has 0 saturated heterocycles. The minimum Gasteiger partial charge on any atom is -0.487 e. The third-order valence-electron chi connectivity index (χ3n) is 4.06. The van der Waals surface area contributed by atoms with Gasteiger partial charge in [-0.1, -0.05) is 18.5 Å². The minimum atomic E-state index is -4.80. The van der Waals surface area contributed by atoms with Gasteiger partial charge < -0.3 is 9.47 Å². The predicted octanol–water partition coefficient (Wildman–Crippen LogP) is 3.01. The largest absolute Gasteiger partial charge is 0.487 e. The van der Waals surface area contributed by atoms with E-state index in [-0.39, 0.29) is 24.5 Å². The number of hydrogen-bond donors (Lipinski definition) is 1. The summed E-state index contributed by atoms with van der Waals surface area (Å²) in [5.74, 6) is -2.15. The fourth-order valence-corrected chi connectivity index (χ4v) is 3.51. The molecule has 11 nitrogen and oxygen atoms in total. The number of rotatable bonds is 8. The van der Waals surface area contributed by atoms with Crippen LogP contribution in [-0.2, 0) is 28.0 Å². The van der Waals surface area contributed by atoms with Crippen molar-refractivity contribution < 1.29 is 40.8 Å². The number of nitrogens with zero attached hydrogens (tertiary/aromatic N) is 3. The highest BCUT2D eigenvalue weighted by Gasteiger charge is 2.39. The molecule has 0 aliphatic heterocycles. The second-order valence-corrected chi connectivity index (χ2v) is 8.35. The van der Waals surface area contributed by atoms with E-state index in [1.165, 1.54) is 6.92 Å². The summed E-state index contributed by atoms with van der Waals surface area (Å²) in [6.07, 6.45) is -4.94. The third-order valence-corrected chi connectivity index (χ3v) is 5.37. The van der Waals surface area contributed by atoms with E-state index in [9.17, 15) is 36.5 Å². The van der Waals surface area contributed by atoms with Crippen LogP contribution in [0.5, 0.6) is 17.4 Å². The third kappa shape index (κ3) is 5.86. The molecule has 0 fully saturated rings. The number of ether oxygens (including phenoxy) is 2. The zero-order valence-corrected chi connectivity index (χ0v) is 18.0. The van der Waals surface area contributed by atoms with Crippen LogP contribution in [0.2, 0.25) is 5.02 Å². The lowest BCUT2D eigenvalue weighted by molar-refractivity contribution is -0.385. The lowest BCUT2D eigenvalue weighted by atomic mass is 10.1. The van der Waals surface area contributed by atoms with Crippen LogP contribution in [0.25, 0.3) is 0 Å². The summed E-state index contributed by atoms with van der Waals surface area (Å²) < 4.78 is 72.3. The second kappa shape index (κ2) is 9.30. The number of nitro groups is 1. The molecule has 1 heterocycles. The van der Waals surface area contributed by atoms with Gasteiger partial charge in [0.15, 0.2) is 5.69 Å². The van der Waals surface area contributed by atoms with Crippen molar-refractivity contribution in [2.45, 2.75) is 19.5 Å². The van der Waals surface area contributed by atoms with Gasteiger partial charge in [-0.05, 0) is 12.5 Å². The fraction of sp³-hybridized carbons (Fsp3) is 0.375. The van der Waals surface area contributed by atoms with Gasteiger partial charge in [0.2, 0.25) is 5.75 Å². The summed E-state index contributed by atoms with van der Waals surface area (Å²) in [5.41, 5.74) is -1.76. The van der Waals surface area contributed by atoms with E-state index in [4.69, 9.17) is 26.2 Å². The van der Waals surface area contributed by atoms with Gasteiger partial charge >= 0.3 is 11.9 Å². The highest BCUT2D eigenvalue weighted by molar-refractivity contribution is 8.04. The molecule has 2 rings (SSSR count). The number of aromatic nitrogens is 2. The Morgan fingerprint density at radius 2 is 2.03 bits per heavy atom. The lowest BCUT2D eigenvalue weighted by Gasteiger charge is -2.11. The quantitative estimate of drug-likeness (QED) is 0.428. The van der Waals surface area contributed by atoms with Gasteiger partial charge in [0.25, 0.3) is 21.0 Å². The van der Waals surface area contributed by atoms with E-state index in [1.54, 1.807) is 0 Å². The van der Waals surface area contributed by atoms with Crippen LogP contribution in [0.1, 0.15) is 19.0 Å². The molecule has 16 heteroatoms. The van der Waals surface area contributed by atoms with Crippen LogP contribution in [0.15, 0.2) is 18.2 Å². The first kappa shape index (κ1) is 25.4. The van der Waals surface area contributed by atoms with Gasteiger partial charge in [-0.3, -0.25) is 19.6 Å². The van der Waals surface area contributed by atoms with Crippen molar-refractivity contribution in [1.29, 1.82) is 0 Å². The summed E-state index contributed by atoms with van der Waals surface area (Å²) in [7, 11) is -3.39. The number of carbonyl (C=O) groups is 1. The molecule has 1 aromatic heterocycles. The van der Waals surface area contributed by atoms with Crippen molar-refractivity contribution in [3.05, 3.63) is 39.0 Å². The molecular weight excluding hydrogens is 485 g/mol. The lowest BCUT2D eigenvalue weighted by Crippen LogP contribution is -2.29. The average Bonchev–Trinajstić information content (AvgIpc) is 2.93. The maximum atomic E-state index is 13.0. The first-order valence-corrected chi connectivity index (χ1v) is 10.5. The standard InChI is InChI=1S/C16H16ClF3N4O7S/c1-8(15(25)32(21,28)29)5-6-30-11-7-9(3-4-10(11)24(26)27)31-14-12(17)13(16(18,19)20)23(2)22-14/h3-4,7-8H,5-6H2,1-2H3,(H2,21,28,29). The molecule has 0 saturated carbocycles. The number of alkyl halides is 3. The SMILES string of the molecule is CC(CCOc1cc(Oc2nn(C)c(C(F)(F)F)c2Cl)ccc1[N+](=O)[O-])C(=O)S(N)(=O)=O. The van der Waals surface area contributed by atoms with Gasteiger partial charge in [0, 0.05) is 25.1 Å². The zero-order valence-electron chi connectivity index (χ0n) is 16.4. The molecule has 1 unspecified atom stereocenters. The summed E-state index contributed by atoms with van der Waals surface area (Å²) >= 11 is 5.71. The predicted molar refractivity (Wildman–Crippen MR) is 104 cm³/mol. The molecule has 1 aromatic carbocycles. The van der Waals surface area contributed by atoms with Crippen molar-refractivity contribution in [3.63, 3.8) is 0 Å². The minimum absolute atomic E-state index is 0.140. The molecule has 176 valence electrons. The maximum Gasteiger partial charge on any atom is 0.434 e. The molecule has 0 radical (unpaired) electrons. The number of aryl methyl sites for hydroxylation is 1. The van der Waals surface area contributed by atoms with Gasteiger partial charge in [-0.2, -0.15) is 13.2 Å². The fourth-order valence-electron chi connectivity index (χ4n) is 2.53. The molecule has 1 atom stereocenters. The van der Waals surface area contributed by atoms with Crippen LogP contribution < -0.4 is 14.6 Å². The van der Waals surface area contributed by atoms with Crippen molar-refractivity contribution in [2.24, 2.45) is 18.1 Å². The molecular formula is C16H16ClF3N4O7S. The van der Waals surface area contributed by atoms with E-state index in [0.29, 0.717) is 4.68 Å². The maximum absolute atomic E-state index is 13.0. The van der Waals surface area contributed by atoms with Gasteiger partial charge in [0.05, 0.1) is 11.5 Å². The number of benzene rings is 1. The Labute approximate surface area is 184 Å². The Bertz CT molecular complexity index is 1150. The molecule has 0 bridgehead atoms. The van der Waals surface area contributed by atoms with Crippen molar-refractivity contribution in [1.82, 2.24) is 9.78 Å². The van der Waals surface area contributed by atoms with E-state index < -0.39 is 54.4 Å². The smallest absolute Gasteiger partial charge is 0.434 e. The van der Waals surface area contributed by atoms with Crippen LogP contribution in [0.3, 0.4) is 0 Å². The van der Waals surface area contributed by atoms with Crippen LogP contribution >= 0.6 is 11.6 Å². The molecule has 0 aliphatic carbocycles. The van der Waals surface area contributed by atoms with Crippen LogP contribution in [0, 0.1) is 16.0 Å². The monoisotopic (exact) mass is 500 g/mol. The van der Waals surface area contributed by atoms with E-state index in [1.807, 2.05) is 0 Å². The summed E-state index contributed by atoms with van der Waals surface area (Å²) in [4.78, 5) is 22.0. The summed E-state index contributed by atoms with van der Waals surface area (Å²) in [6, 6.07) is 3.09. The average molecular weight is 501 g/mol. The Morgan fingerprint density at radius 3 is 2.53 bits per heavy atom. The van der Waals surface area contributed by atoms with Crippen molar-refractivity contribution in [3.8, 4) is 17.4 Å². The zero-order chi connectivity index (χ0) is 24.4. The Hall–Kier alpha value is -2.91. The first-order valence-electron chi connectivity index (χ1n) is 8.58. The number of sulfonamides is 1. The van der Waals surface area contributed by atoms with Crippen LogP contribution in [-0.4, -0.2) is 34.8 Å². The number of primary sulfonamides is 1. The number of halogens is 4. The second-order valence-electron chi connectivity index (χ2n) is 6.48. The van der Waals surface area contributed by atoms with Gasteiger partial charge in [-0.15, -0.1) is 5.10 Å². The highest BCUT2D eigenvalue weighted by Crippen LogP contribution is 2.41. The van der Waals surface area contributed by atoms with E-state index in [2.05, 4.69) is 5.10 Å². The van der Waals surface area contributed by atoms with Crippen LogP contribution in [0.4, 0.5) is 18.9 Å². The number of nitrogens with two attached hydrogens (primary N) is 1. The molecule has 32 heavy (non-hydrogen) atoms. The Balaban J connectivity index is 2.24. The summed E-state index contributed by atoms with van der Waals surface area (Å²) in [5, 5.41) is 17.5. The topological polar surface area (TPSA) is 157 Å². The van der Waals surface area contributed by atoms with E-state index >= 15 is 0 Å². The van der Waals surface area contributed by atoms with Gasteiger partial charge in [0.1, 0.15) is 10.8 Å². The highest BCUT2D eigenvalue weighted by atomic mass is 35.5. The van der Waals surface area contributed by atoms with Gasteiger partial charge in [-0.25, -0.2) is 13.6 Å². The molecule has 2 N–H and O–H groups in total.